The SMILES string of the molecule is COC(=O)CCCCC(=O)NC(C)C(=O)CC(C)C(C)=O. The van der Waals surface area contributed by atoms with Gasteiger partial charge in [0.2, 0.25) is 5.91 Å². The number of carbonyl (C=O) groups is 4. The third-order valence-corrected chi connectivity index (χ3v) is 3.32. The van der Waals surface area contributed by atoms with Crippen molar-refractivity contribution in [2.24, 2.45) is 5.92 Å². The summed E-state index contributed by atoms with van der Waals surface area (Å²) >= 11 is 0. The van der Waals surface area contributed by atoms with Crippen LogP contribution in [0.25, 0.3) is 0 Å². The van der Waals surface area contributed by atoms with Gasteiger partial charge in [-0.15, -0.1) is 0 Å². The molecule has 2 atom stereocenters. The van der Waals surface area contributed by atoms with Crippen molar-refractivity contribution in [3.63, 3.8) is 0 Å². The van der Waals surface area contributed by atoms with E-state index in [1.54, 1.807) is 13.8 Å². The van der Waals surface area contributed by atoms with Crippen molar-refractivity contribution >= 4 is 23.4 Å². The first-order valence-corrected chi connectivity index (χ1v) is 7.17. The highest BCUT2D eigenvalue weighted by Gasteiger charge is 2.19. The van der Waals surface area contributed by atoms with Crippen LogP contribution in [-0.4, -0.2) is 36.6 Å². The van der Waals surface area contributed by atoms with E-state index >= 15 is 0 Å². The van der Waals surface area contributed by atoms with Crippen molar-refractivity contribution in [3.05, 3.63) is 0 Å². The number of Topliss-reactive ketones (excluding diaryl/α,β-unsaturated/α-hetero) is 2. The van der Waals surface area contributed by atoms with Gasteiger partial charge in [0.05, 0.1) is 13.2 Å². The Morgan fingerprint density at radius 1 is 1.05 bits per heavy atom. The molecule has 0 bridgehead atoms. The van der Waals surface area contributed by atoms with Gasteiger partial charge < -0.3 is 10.1 Å². The van der Waals surface area contributed by atoms with Crippen molar-refractivity contribution in [1.82, 2.24) is 5.32 Å². The predicted octanol–water partition coefficient (Wildman–Crippen LogP) is 1.41. The summed E-state index contributed by atoms with van der Waals surface area (Å²) in [6, 6.07) is -0.597. The van der Waals surface area contributed by atoms with Crippen LogP contribution in [0.15, 0.2) is 0 Å². The molecule has 0 aromatic carbocycles. The van der Waals surface area contributed by atoms with E-state index in [0.717, 1.165) is 0 Å². The molecule has 0 aromatic heterocycles. The first kappa shape index (κ1) is 19.3. The molecule has 0 radical (unpaired) electrons. The van der Waals surface area contributed by atoms with Crippen LogP contribution in [-0.2, 0) is 23.9 Å². The van der Waals surface area contributed by atoms with Crippen molar-refractivity contribution in [2.45, 2.75) is 58.9 Å². The third kappa shape index (κ3) is 8.94. The quantitative estimate of drug-likeness (QED) is 0.486. The van der Waals surface area contributed by atoms with Crippen LogP contribution in [0.1, 0.15) is 52.9 Å². The molecule has 6 nitrogen and oxygen atoms in total. The zero-order chi connectivity index (χ0) is 16.4. The molecule has 0 aliphatic carbocycles. The summed E-state index contributed by atoms with van der Waals surface area (Å²) in [6.45, 7) is 4.76. The van der Waals surface area contributed by atoms with Gasteiger partial charge in [0, 0.05) is 25.2 Å². The lowest BCUT2D eigenvalue weighted by atomic mass is 9.98. The summed E-state index contributed by atoms with van der Waals surface area (Å²) in [4.78, 5) is 45.5. The number of hydrogen-bond acceptors (Lipinski definition) is 5. The molecule has 0 rings (SSSR count). The molecule has 0 aliphatic rings. The monoisotopic (exact) mass is 299 g/mol. The minimum atomic E-state index is -0.597. The molecular formula is C15H25NO5. The van der Waals surface area contributed by atoms with E-state index in [4.69, 9.17) is 0 Å². The molecule has 0 saturated carbocycles. The number of rotatable bonds is 10. The number of ketones is 2. The third-order valence-electron chi connectivity index (χ3n) is 3.32. The number of carbonyl (C=O) groups excluding carboxylic acids is 4. The molecule has 0 saturated heterocycles. The number of hydrogen-bond donors (Lipinski definition) is 1. The molecule has 2 unspecified atom stereocenters. The summed E-state index contributed by atoms with van der Waals surface area (Å²) < 4.78 is 4.50. The van der Waals surface area contributed by atoms with Crippen LogP contribution in [0.4, 0.5) is 0 Å². The Hall–Kier alpha value is -1.72. The van der Waals surface area contributed by atoms with Crippen LogP contribution in [0.5, 0.6) is 0 Å². The summed E-state index contributed by atoms with van der Waals surface area (Å²) in [7, 11) is 1.32. The number of ether oxygens (including phenoxy) is 1. The fraction of sp³-hybridized carbons (Fsp3) is 0.733. The Morgan fingerprint density at radius 3 is 2.14 bits per heavy atom. The first-order chi connectivity index (χ1) is 9.77. The number of unbranched alkanes of at least 4 members (excludes halogenated alkanes) is 1. The molecule has 120 valence electrons. The van der Waals surface area contributed by atoms with Crippen LogP contribution in [0.3, 0.4) is 0 Å². The lowest BCUT2D eigenvalue weighted by Crippen LogP contribution is -2.39. The summed E-state index contributed by atoms with van der Waals surface area (Å²) in [5.74, 6) is -1.03. The Kier molecular flexibility index (Phi) is 9.25. The molecule has 1 amide bonds. The van der Waals surface area contributed by atoms with E-state index in [9.17, 15) is 19.2 Å². The predicted molar refractivity (Wildman–Crippen MR) is 77.6 cm³/mol. The first-order valence-electron chi connectivity index (χ1n) is 7.17. The summed E-state index contributed by atoms with van der Waals surface area (Å²) in [5, 5.41) is 2.61. The molecular weight excluding hydrogens is 274 g/mol. The van der Waals surface area contributed by atoms with Crippen LogP contribution < -0.4 is 5.32 Å². The van der Waals surface area contributed by atoms with Gasteiger partial charge in [-0.3, -0.25) is 19.2 Å². The number of amides is 1. The maximum absolute atomic E-state index is 11.8. The molecule has 0 aromatic rings. The maximum Gasteiger partial charge on any atom is 0.305 e. The molecule has 0 heterocycles. The summed E-state index contributed by atoms with van der Waals surface area (Å²) in [6.07, 6.45) is 1.82. The topological polar surface area (TPSA) is 89.5 Å². The minimum Gasteiger partial charge on any atom is -0.469 e. The Labute approximate surface area is 125 Å². The smallest absolute Gasteiger partial charge is 0.305 e. The lowest BCUT2D eigenvalue weighted by Gasteiger charge is -2.14. The van der Waals surface area contributed by atoms with E-state index in [0.29, 0.717) is 12.8 Å². The van der Waals surface area contributed by atoms with Gasteiger partial charge in [-0.2, -0.15) is 0 Å². The van der Waals surface area contributed by atoms with Gasteiger partial charge in [0.1, 0.15) is 5.78 Å². The van der Waals surface area contributed by atoms with E-state index in [2.05, 4.69) is 10.1 Å². The number of methoxy groups -OCH3 is 1. The molecule has 6 heteroatoms. The van der Waals surface area contributed by atoms with E-state index in [1.807, 2.05) is 0 Å². The van der Waals surface area contributed by atoms with E-state index < -0.39 is 6.04 Å². The second-order valence-corrected chi connectivity index (χ2v) is 5.25. The second-order valence-electron chi connectivity index (χ2n) is 5.25. The summed E-state index contributed by atoms with van der Waals surface area (Å²) in [5.41, 5.74) is 0. The van der Waals surface area contributed by atoms with Gasteiger partial charge in [-0.1, -0.05) is 6.92 Å². The zero-order valence-corrected chi connectivity index (χ0v) is 13.2. The normalized spacial score (nSPS) is 13.1. The largest absolute Gasteiger partial charge is 0.469 e. The molecule has 0 fully saturated rings. The standard InChI is InChI=1S/C15H25NO5/c1-10(12(3)17)9-13(18)11(2)16-14(19)7-5-6-8-15(20)21-4/h10-11H,5-9H2,1-4H3,(H,16,19). The molecule has 0 aliphatic heterocycles. The van der Waals surface area contributed by atoms with E-state index in [-0.39, 0.29) is 48.6 Å². The molecule has 0 spiro atoms. The highest BCUT2D eigenvalue weighted by Crippen LogP contribution is 2.07. The van der Waals surface area contributed by atoms with Gasteiger partial charge in [-0.25, -0.2) is 0 Å². The zero-order valence-electron chi connectivity index (χ0n) is 13.2. The van der Waals surface area contributed by atoms with Gasteiger partial charge in [-0.05, 0) is 26.7 Å². The highest BCUT2D eigenvalue weighted by atomic mass is 16.5. The Balaban J connectivity index is 3.95. The van der Waals surface area contributed by atoms with Crippen molar-refractivity contribution < 1.29 is 23.9 Å². The van der Waals surface area contributed by atoms with Gasteiger partial charge in [0.15, 0.2) is 5.78 Å². The maximum atomic E-state index is 11.8. The van der Waals surface area contributed by atoms with Gasteiger partial charge in [0.25, 0.3) is 0 Å². The van der Waals surface area contributed by atoms with Crippen LogP contribution in [0.2, 0.25) is 0 Å². The Bertz CT molecular complexity index is 392. The van der Waals surface area contributed by atoms with Crippen LogP contribution in [0, 0.1) is 5.92 Å². The average molecular weight is 299 g/mol. The van der Waals surface area contributed by atoms with E-state index in [1.165, 1.54) is 14.0 Å². The molecule has 21 heavy (non-hydrogen) atoms. The fourth-order valence-electron chi connectivity index (χ4n) is 1.67. The van der Waals surface area contributed by atoms with Crippen molar-refractivity contribution in [3.8, 4) is 0 Å². The van der Waals surface area contributed by atoms with Crippen molar-refractivity contribution in [1.29, 1.82) is 0 Å². The molecule has 1 N–H and O–H groups in total. The highest BCUT2D eigenvalue weighted by molar-refractivity contribution is 5.91. The lowest BCUT2D eigenvalue weighted by molar-refractivity contribution is -0.140. The second kappa shape index (κ2) is 10.1. The van der Waals surface area contributed by atoms with Gasteiger partial charge >= 0.3 is 5.97 Å². The minimum absolute atomic E-state index is 0.0373. The Morgan fingerprint density at radius 2 is 1.62 bits per heavy atom. The number of nitrogens with one attached hydrogen (secondary N) is 1. The van der Waals surface area contributed by atoms with Crippen molar-refractivity contribution in [2.75, 3.05) is 7.11 Å². The van der Waals surface area contributed by atoms with Crippen LogP contribution >= 0.6 is 0 Å². The number of esters is 1. The fourth-order valence-corrected chi connectivity index (χ4v) is 1.67. The average Bonchev–Trinajstić information content (AvgIpc) is 2.42.